The lowest BCUT2D eigenvalue weighted by Gasteiger charge is -2.06. The molecule has 2 aromatic rings. The number of hydrogen-bond acceptors (Lipinski definition) is 5. The van der Waals surface area contributed by atoms with Gasteiger partial charge in [0.15, 0.2) is 11.5 Å². The maximum absolute atomic E-state index is 5.36. The van der Waals surface area contributed by atoms with E-state index in [4.69, 9.17) is 14.3 Å². The molecule has 1 aliphatic rings. The fourth-order valence-corrected chi connectivity index (χ4v) is 2.06. The van der Waals surface area contributed by atoms with E-state index >= 15 is 0 Å². The second-order valence-electron chi connectivity index (χ2n) is 4.54. The molecule has 0 aromatic heterocycles. The minimum Gasteiger partial charge on any atom is -0.454 e. The lowest BCUT2D eigenvalue weighted by atomic mass is 10.1. The van der Waals surface area contributed by atoms with Crippen molar-refractivity contribution < 1.29 is 14.3 Å². The first kappa shape index (κ1) is 16.7. The third-order valence-electron chi connectivity index (χ3n) is 3.15. The van der Waals surface area contributed by atoms with Gasteiger partial charge in [-0.1, -0.05) is 49.3 Å². The van der Waals surface area contributed by atoms with Crippen LogP contribution < -0.4 is 14.8 Å². The predicted octanol–water partition coefficient (Wildman–Crippen LogP) is 4.03. The number of hydrogen-bond donors (Lipinski definition) is 1. The highest BCUT2D eigenvalue weighted by molar-refractivity contribution is 5.89. The summed E-state index contributed by atoms with van der Waals surface area (Å²) in [7, 11) is 1.85. The third-order valence-corrected chi connectivity index (χ3v) is 3.15. The van der Waals surface area contributed by atoms with Crippen LogP contribution in [0.2, 0.25) is 0 Å². The van der Waals surface area contributed by atoms with Crippen molar-refractivity contribution in [2.75, 3.05) is 19.2 Å². The summed E-state index contributed by atoms with van der Waals surface area (Å²) in [5.41, 5.74) is 2.87. The summed E-state index contributed by atoms with van der Waals surface area (Å²) in [6.45, 7) is 4.69. The molecule has 0 saturated carbocycles. The van der Waals surface area contributed by atoms with Gasteiger partial charge in [0, 0.05) is 24.4 Å². The molecule has 1 N–H and O–H groups in total. The average Bonchev–Trinajstić information content (AvgIpc) is 3.08. The first-order chi connectivity index (χ1) is 11.4. The third kappa shape index (κ3) is 4.39. The molecule has 1 heterocycles. The maximum atomic E-state index is 5.36. The minimum atomic E-state index is 0.254. The monoisotopic (exact) mass is 314 g/mol. The van der Waals surface area contributed by atoms with Crippen LogP contribution >= 0.6 is 0 Å². The quantitative estimate of drug-likeness (QED) is 0.668. The van der Waals surface area contributed by atoms with E-state index in [-0.39, 0.29) is 6.79 Å². The van der Waals surface area contributed by atoms with Crippen LogP contribution in [0.5, 0.6) is 11.5 Å². The number of nitrogens with zero attached hydrogens (tertiary/aromatic N) is 1. The van der Waals surface area contributed by atoms with E-state index in [9.17, 15) is 0 Å². The highest BCUT2D eigenvalue weighted by Crippen LogP contribution is 2.36. The van der Waals surface area contributed by atoms with Crippen LogP contribution in [0.25, 0.3) is 0 Å². The zero-order valence-electron chi connectivity index (χ0n) is 13.7. The van der Waals surface area contributed by atoms with E-state index in [0.717, 1.165) is 28.3 Å². The molecule has 0 atom stereocenters. The molecular formula is C18H22N2O3. The van der Waals surface area contributed by atoms with Crippen molar-refractivity contribution in [1.29, 1.82) is 0 Å². The molecule has 0 radical (unpaired) electrons. The number of oxime groups is 1. The highest BCUT2D eigenvalue weighted by atomic mass is 16.7. The molecule has 3 rings (SSSR count). The Bertz CT molecular complexity index is 642. The van der Waals surface area contributed by atoms with Gasteiger partial charge in [-0.2, -0.15) is 0 Å². The van der Waals surface area contributed by atoms with Crippen LogP contribution in [0.15, 0.2) is 47.6 Å². The van der Waals surface area contributed by atoms with Crippen LogP contribution in [-0.2, 0) is 11.4 Å². The fourth-order valence-electron chi connectivity index (χ4n) is 2.06. The Morgan fingerprint density at radius 1 is 1.13 bits per heavy atom. The zero-order chi connectivity index (χ0) is 16.5. The van der Waals surface area contributed by atoms with Crippen molar-refractivity contribution in [2.45, 2.75) is 20.5 Å². The molecule has 5 heteroatoms. The smallest absolute Gasteiger partial charge is 0.231 e. The molecule has 0 aliphatic carbocycles. The molecule has 122 valence electrons. The Morgan fingerprint density at radius 2 is 1.83 bits per heavy atom. The number of benzene rings is 2. The lowest BCUT2D eigenvalue weighted by Crippen LogP contribution is -1.95. The summed E-state index contributed by atoms with van der Waals surface area (Å²) in [5, 5.41) is 7.11. The predicted molar refractivity (Wildman–Crippen MR) is 92.3 cm³/mol. The molecule has 2 aromatic carbocycles. The van der Waals surface area contributed by atoms with E-state index in [1.807, 2.05) is 63.4 Å². The van der Waals surface area contributed by atoms with Crippen LogP contribution in [-0.4, -0.2) is 20.1 Å². The maximum Gasteiger partial charge on any atom is 0.231 e. The van der Waals surface area contributed by atoms with Gasteiger partial charge in [-0.25, -0.2) is 0 Å². The van der Waals surface area contributed by atoms with Gasteiger partial charge in [0.2, 0.25) is 6.79 Å². The van der Waals surface area contributed by atoms with E-state index < -0.39 is 0 Å². The van der Waals surface area contributed by atoms with Crippen LogP contribution in [0, 0.1) is 0 Å². The number of ether oxygens (including phenoxy) is 2. The van der Waals surface area contributed by atoms with Gasteiger partial charge in [0.1, 0.15) is 6.61 Å². The second-order valence-corrected chi connectivity index (χ2v) is 4.54. The molecule has 0 saturated heterocycles. The van der Waals surface area contributed by atoms with Crippen LogP contribution in [0.3, 0.4) is 0 Å². The number of fused-ring (bicyclic) bond motifs is 1. The largest absolute Gasteiger partial charge is 0.454 e. The molecule has 0 bridgehead atoms. The van der Waals surface area contributed by atoms with Crippen molar-refractivity contribution >= 4 is 11.9 Å². The Morgan fingerprint density at radius 3 is 2.52 bits per heavy atom. The zero-order valence-corrected chi connectivity index (χ0v) is 13.7. The Labute approximate surface area is 136 Å². The molecule has 0 fully saturated rings. The van der Waals surface area contributed by atoms with E-state index in [2.05, 4.69) is 10.5 Å². The van der Waals surface area contributed by atoms with Crippen molar-refractivity contribution in [3.8, 4) is 11.5 Å². The SMILES string of the molecule is CC.CNc1cc2c(cc1/C=N/OCc1ccccc1)OCO2. The van der Waals surface area contributed by atoms with Gasteiger partial charge in [-0.3, -0.25) is 0 Å². The summed E-state index contributed by atoms with van der Waals surface area (Å²) in [6.07, 6.45) is 1.66. The summed E-state index contributed by atoms with van der Waals surface area (Å²) in [5.74, 6) is 1.46. The highest BCUT2D eigenvalue weighted by Gasteiger charge is 2.16. The molecule has 0 unspecified atom stereocenters. The number of nitrogens with one attached hydrogen (secondary N) is 1. The average molecular weight is 314 g/mol. The van der Waals surface area contributed by atoms with Crippen molar-refractivity contribution in [3.05, 3.63) is 53.6 Å². The minimum absolute atomic E-state index is 0.254. The topological polar surface area (TPSA) is 52.1 Å². The van der Waals surface area contributed by atoms with Gasteiger partial charge < -0.3 is 19.6 Å². The van der Waals surface area contributed by atoms with Gasteiger partial charge >= 0.3 is 0 Å². The number of rotatable bonds is 5. The van der Waals surface area contributed by atoms with E-state index in [1.165, 1.54) is 0 Å². The van der Waals surface area contributed by atoms with E-state index in [0.29, 0.717) is 6.61 Å². The van der Waals surface area contributed by atoms with Gasteiger partial charge in [0.05, 0.1) is 6.21 Å². The second kappa shape index (κ2) is 8.68. The Balaban J connectivity index is 0.000000924. The normalized spacial score (nSPS) is 11.8. The standard InChI is InChI=1S/C16H16N2O3.C2H6/c1-17-14-8-16-15(19-11-20-16)7-13(14)9-18-21-10-12-5-3-2-4-6-12;1-2/h2-9,17H,10-11H2,1H3;1-2H3/b18-9+;. The van der Waals surface area contributed by atoms with Gasteiger partial charge in [-0.05, 0) is 11.6 Å². The molecule has 23 heavy (non-hydrogen) atoms. The van der Waals surface area contributed by atoms with Crippen molar-refractivity contribution in [2.24, 2.45) is 5.16 Å². The number of anilines is 1. The van der Waals surface area contributed by atoms with E-state index in [1.54, 1.807) is 6.21 Å². The molecule has 0 amide bonds. The summed E-state index contributed by atoms with van der Waals surface area (Å²) < 4.78 is 10.7. The fraction of sp³-hybridized carbons (Fsp3) is 0.278. The summed E-state index contributed by atoms with van der Waals surface area (Å²) >= 11 is 0. The van der Waals surface area contributed by atoms with Crippen molar-refractivity contribution in [3.63, 3.8) is 0 Å². The summed E-state index contributed by atoms with van der Waals surface area (Å²) in [4.78, 5) is 5.31. The van der Waals surface area contributed by atoms with Crippen LogP contribution in [0.1, 0.15) is 25.0 Å². The first-order valence-electron chi connectivity index (χ1n) is 7.67. The Kier molecular flexibility index (Phi) is 6.29. The summed E-state index contributed by atoms with van der Waals surface area (Å²) in [6, 6.07) is 13.7. The first-order valence-corrected chi connectivity index (χ1v) is 7.67. The van der Waals surface area contributed by atoms with Gasteiger partial charge in [0.25, 0.3) is 0 Å². The van der Waals surface area contributed by atoms with Gasteiger partial charge in [-0.15, -0.1) is 0 Å². The Hall–Kier alpha value is -2.69. The van der Waals surface area contributed by atoms with Crippen LogP contribution in [0.4, 0.5) is 5.69 Å². The molecular weight excluding hydrogens is 292 g/mol. The molecule has 5 nitrogen and oxygen atoms in total. The van der Waals surface area contributed by atoms with Crippen molar-refractivity contribution in [1.82, 2.24) is 0 Å². The molecule has 0 spiro atoms. The molecule has 1 aliphatic heterocycles. The lowest BCUT2D eigenvalue weighted by molar-refractivity contribution is 0.132.